The van der Waals surface area contributed by atoms with E-state index in [4.69, 9.17) is 0 Å². The maximum Gasteiger partial charge on any atom is 0.168 e. The van der Waals surface area contributed by atoms with Crippen molar-refractivity contribution in [3.8, 4) is 0 Å². The van der Waals surface area contributed by atoms with Gasteiger partial charge >= 0.3 is 0 Å². The predicted molar refractivity (Wildman–Crippen MR) is 108 cm³/mol. The van der Waals surface area contributed by atoms with Crippen LogP contribution in [0.1, 0.15) is 41.0 Å². The van der Waals surface area contributed by atoms with Crippen molar-refractivity contribution in [1.82, 2.24) is 4.57 Å². The van der Waals surface area contributed by atoms with Crippen molar-refractivity contribution < 1.29 is 0 Å². The van der Waals surface area contributed by atoms with Crippen LogP contribution in [0.25, 0.3) is 0 Å². The molecule has 0 amide bonds. The van der Waals surface area contributed by atoms with E-state index in [9.17, 15) is 0 Å². The Morgan fingerprint density at radius 3 is 1.48 bits per heavy atom. The van der Waals surface area contributed by atoms with Crippen LogP contribution in [0.15, 0.2) is 10.3 Å². The molecule has 0 atom stereocenters. The van der Waals surface area contributed by atoms with Gasteiger partial charge in [-0.1, -0.05) is 84.8 Å². The van der Waals surface area contributed by atoms with E-state index in [1.54, 1.807) is 0 Å². The van der Waals surface area contributed by atoms with Gasteiger partial charge in [-0.05, 0) is 19.5 Å². The second-order valence-corrected chi connectivity index (χ2v) is 17.5. The lowest BCUT2D eigenvalue weighted by Gasteiger charge is -2.44. The highest BCUT2D eigenvalue weighted by Gasteiger charge is 2.41. The molecule has 0 unspecified atom stereocenters. The van der Waals surface area contributed by atoms with E-state index < -0.39 is 16.3 Å². The average molecular weight is 325 g/mol. The third-order valence-electron chi connectivity index (χ3n) is 5.10. The highest BCUT2D eigenvalue weighted by Crippen LogP contribution is 2.34. The zero-order valence-electron chi connectivity index (χ0n) is 16.6. The Hall–Kier alpha value is 0.199. The van der Waals surface area contributed by atoms with Gasteiger partial charge in [-0.25, -0.2) is 0 Å². The fraction of sp³-hybridized carbons (Fsp3) is 0.882. The number of nitrogens with zero attached hydrogens (tertiary/aromatic N) is 1. The monoisotopic (exact) mass is 325 g/mol. The van der Waals surface area contributed by atoms with Crippen LogP contribution in [0.5, 0.6) is 0 Å². The molecule has 21 heavy (non-hydrogen) atoms. The van der Waals surface area contributed by atoms with Crippen molar-refractivity contribution in [2.24, 2.45) is 0 Å². The molecule has 0 heterocycles. The molecule has 0 aromatic rings. The van der Waals surface area contributed by atoms with Crippen LogP contribution in [0.4, 0.5) is 0 Å². The Balaban J connectivity index is 6.21. The highest BCUT2D eigenvalue weighted by molar-refractivity contribution is 7.05. The Labute approximate surface area is 137 Å². The topological polar surface area (TPSA) is 3.24 Å². The molecule has 0 aromatic heterocycles. The first-order valence-electron chi connectivity index (χ1n) is 9.10. The van der Waals surface area contributed by atoms with Gasteiger partial charge in [0.05, 0.1) is 8.07 Å². The molecule has 0 saturated heterocycles. The molecule has 0 saturated carbocycles. The maximum absolute atomic E-state index is 2.79. The Morgan fingerprint density at radius 1 is 0.810 bits per heavy atom. The molecular weight excluding hydrogens is 285 g/mol. The third-order valence-corrected chi connectivity index (χ3v) is 14.8. The van der Waals surface area contributed by atoms with Crippen molar-refractivity contribution in [2.45, 2.75) is 86.4 Å². The van der Waals surface area contributed by atoms with E-state index in [1.807, 2.05) is 10.3 Å². The summed E-state index contributed by atoms with van der Waals surface area (Å²) in [6.07, 6.45) is 3.86. The standard InChI is InChI=1S/C17H40BNSi2/c1-11-16(18(12-2)13-3)17(20(6,7)8)21(9,10)19(14-4)15-5/h11-15H2,1-10H3/b17-16-. The lowest BCUT2D eigenvalue weighted by Crippen LogP contribution is -2.57. The van der Waals surface area contributed by atoms with Crippen molar-refractivity contribution in [3.63, 3.8) is 0 Å². The van der Waals surface area contributed by atoms with E-state index >= 15 is 0 Å². The molecule has 0 fully saturated rings. The summed E-state index contributed by atoms with van der Waals surface area (Å²) in [5.41, 5.74) is 1.84. The SMILES string of the molecule is CCB(CC)/C(CC)=C(/[Si](C)(C)C)[Si](C)(C)N(CC)CC. The molecule has 0 aromatic carbocycles. The summed E-state index contributed by atoms with van der Waals surface area (Å²) in [5, 5.41) is 0. The van der Waals surface area contributed by atoms with Crippen LogP contribution in [-0.4, -0.2) is 40.7 Å². The zero-order valence-corrected chi connectivity index (χ0v) is 18.6. The molecule has 0 aliphatic carbocycles. The minimum Gasteiger partial charge on any atom is -0.321 e. The summed E-state index contributed by atoms with van der Waals surface area (Å²) < 4.78 is 2.79. The Kier molecular flexibility index (Phi) is 8.82. The van der Waals surface area contributed by atoms with E-state index in [1.165, 1.54) is 32.2 Å². The van der Waals surface area contributed by atoms with Gasteiger partial charge in [0.1, 0.15) is 8.24 Å². The Bertz CT molecular complexity index is 337. The average Bonchev–Trinajstić information content (AvgIpc) is 2.37. The van der Waals surface area contributed by atoms with Crippen molar-refractivity contribution in [2.75, 3.05) is 13.1 Å². The van der Waals surface area contributed by atoms with Gasteiger partial charge in [0, 0.05) is 0 Å². The minimum absolute atomic E-state index is 0.805. The zero-order chi connectivity index (χ0) is 16.8. The van der Waals surface area contributed by atoms with E-state index in [-0.39, 0.29) is 0 Å². The molecule has 0 N–H and O–H groups in total. The molecule has 0 bridgehead atoms. The first-order chi connectivity index (χ1) is 9.61. The fourth-order valence-corrected chi connectivity index (χ4v) is 16.6. The van der Waals surface area contributed by atoms with E-state index in [2.05, 4.69) is 71.9 Å². The van der Waals surface area contributed by atoms with Crippen LogP contribution in [0.3, 0.4) is 0 Å². The van der Waals surface area contributed by atoms with Gasteiger partial charge in [-0.15, -0.1) is 5.47 Å². The summed E-state index contributed by atoms with van der Waals surface area (Å²) in [4.78, 5) is 1.95. The molecule has 0 rings (SSSR count). The highest BCUT2D eigenvalue weighted by atomic mass is 28.4. The quantitative estimate of drug-likeness (QED) is 0.489. The van der Waals surface area contributed by atoms with Gasteiger partial charge < -0.3 is 4.57 Å². The van der Waals surface area contributed by atoms with E-state index in [0.29, 0.717) is 0 Å². The molecule has 0 aliphatic heterocycles. The largest absolute Gasteiger partial charge is 0.321 e. The van der Waals surface area contributed by atoms with Gasteiger partial charge in [0.25, 0.3) is 0 Å². The van der Waals surface area contributed by atoms with Gasteiger partial charge in [-0.3, -0.25) is 0 Å². The summed E-state index contributed by atoms with van der Waals surface area (Å²) in [5.74, 6) is 0. The molecule has 0 radical (unpaired) electrons. The molecule has 1 nitrogen and oxygen atoms in total. The Morgan fingerprint density at radius 2 is 1.24 bits per heavy atom. The van der Waals surface area contributed by atoms with Gasteiger partial charge in [0.2, 0.25) is 0 Å². The number of hydrogen-bond donors (Lipinski definition) is 0. The third kappa shape index (κ3) is 5.11. The van der Waals surface area contributed by atoms with Crippen LogP contribution in [0.2, 0.25) is 45.4 Å². The van der Waals surface area contributed by atoms with Crippen molar-refractivity contribution in [1.29, 1.82) is 0 Å². The van der Waals surface area contributed by atoms with Crippen LogP contribution in [0, 0.1) is 0 Å². The van der Waals surface area contributed by atoms with Crippen LogP contribution >= 0.6 is 0 Å². The minimum atomic E-state index is -1.50. The van der Waals surface area contributed by atoms with Crippen LogP contribution in [-0.2, 0) is 0 Å². The molecular formula is C17H40BNSi2. The number of rotatable bonds is 9. The second-order valence-electron chi connectivity index (χ2n) is 7.75. The fourth-order valence-electron chi connectivity index (χ4n) is 4.42. The van der Waals surface area contributed by atoms with Gasteiger partial charge in [-0.2, -0.15) is 0 Å². The van der Waals surface area contributed by atoms with E-state index in [0.717, 1.165) is 6.71 Å². The van der Waals surface area contributed by atoms with Crippen LogP contribution < -0.4 is 0 Å². The summed E-state index contributed by atoms with van der Waals surface area (Å²) in [6, 6.07) is 0. The lowest BCUT2D eigenvalue weighted by atomic mass is 9.40. The molecule has 0 spiro atoms. The number of hydrogen-bond acceptors (Lipinski definition) is 1. The first kappa shape index (κ1) is 21.2. The first-order valence-corrected chi connectivity index (χ1v) is 15.5. The molecule has 0 aliphatic rings. The second kappa shape index (κ2) is 8.73. The molecule has 4 heteroatoms. The normalized spacial score (nSPS) is 14.4. The maximum atomic E-state index is 2.79. The molecule has 124 valence electrons. The smallest absolute Gasteiger partial charge is 0.168 e. The predicted octanol–water partition coefficient (Wildman–Crippen LogP) is 5.73. The summed E-state index contributed by atoms with van der Waals surface area (Å²) >= 11 is 0. The van der Waals surface area contributed by atoms with Gasteiger partial charge in [0.15, 0.2) is 6.71 Å². The number of allylic oxidation sites excluding steroid dienone is 1. The van der Waals surface area contributed by atoms with Crippen molar-refractivity contribution in [3.05, 3.63) is 10.3 Å². The van der Waals surface area contributed by atoms with Crippen molar-refractivity contribution >= 4 is 23.0 Å². The summed E-state index contributed by atoms with van der Waals surface area (Å²) in [7, 11) is -2.80. The lowest BCUT2D eigenvalue weighted by molar-refractivity contribution is 0.472. The summed E-state index contributed by atoms with van der Waals surface area (Å²) in [6.45, 7) is 27.9.